The van der Waals surface area contributed by atoms with Gasteiger partial charge in [0.1, 0.15) is 5.75 Å². The smallest absolute Gasteiger partial charge is 0.261 e. The minimum atomic E-state index is -3.71. The average molecular weight is 362 g/mol. The topological polar surface area (TPSA) is 98.5 Å². The minimum Gasteiger partial charge on any atom is -0.481 e. The van der Waals surface area contributed by atoms with Gasteiger partial charge in [0.25, 0.3) is 5.91 Å². The van der Waals surface area contributed by atoms with E-state index in [2.05, 4.69) is 5.32 Å². The van der Waals surface area contributed by atoms with Crippen LogP contribution in [0.3, 0.4) is 0 Å². The first-order valence-electron chi connectivity index (χ1n) is 7.92. The Hall–Kier alpha value is -2.38. The normalized spacial score (nSPS) is 12.4. The third-order valence-electron chi connectivity index (χ3n) is 3.68. The highest BCUT2D eigenvalue weighted by molar-refractivity contribution is 7.89. The first-order chi connectivity index (χ1) is 11.8. The summed E-state index contributed by atoms with van der Waals surface area (Å²) in [5.74, 6) is 0.420. The van der Waals surface area contributed by atoms with Gasteiger partial charge in [-0.25, -0.2) is 13.6 Å². The van der Waals surface area contributed by atoms with E-state index in [1.807, 2.05) is 38.1 Å². The van der Waals surface area contributed by atoms with Crippen LogP contribution in [0.25, 0.3) is 0 Å². The number of benzene rings is 2. The zero-order valence-corrected chi connectivity index (χ0v) is 15.0. The van der Waals surface area contributed by atoms with Gasteiger partial charge in [0.05, 0.1) is 4.90 Å². The molecule has 134 valence electrons. The Morgan fingerprint density at radius 3 is 2.24 bits per heavy atom. The molecule has 0 saturated heterocycles. The molecule has 0 radical (unpaired) electrons. The van der Waals surface area contributed by atoms with E-state index in [1.54, 1.807) is 12.1 Å². The summed E-state index contributed by atoms with van der Waals surface area (Å²) in [5.41, 5.74) is 1.89. The molecule has 1 unspecified atom stereocenters. The lowest BCUT2D eigenvalue weighted by atomic mass is 10.2. The summed E-state index contributed by atoms with van der Waals surface area (Å²) in [7, 11) is -3.71. The lowest BCUT2D eigenvalue weighted by Gasteiger charge is -2.17. The summed E-state index contributed by atoms with van der Waals surface area (Å²) in [6.07, 6.45) is -0.0595. The summed E-state index contributed by atoms with van der Waals surface area (Å²) in [5, 5.41) is 7.85. The monoisotopic (exact) mass is 362 g/mol. The SMILES string of the molecule is CCC(Oc1ccc(C)cc1)C(=O)NCc1ccc(S(N)(=O)=O)cc1. The Bertz CT molecular complexity index is 815. The van der Waals surface area contributed by atoms with Crippen LogP contribution >= 0.6 is 0 Å². The molecule has 0 aliphatic heterocycles. The summed E-state index contributed by atoms with van der Waals surface area (Å²) >= 11 is 0. The van der Waals surface area contributed by atoms with Crippen molar-refractivity contribution in [3.8, 4) is 5.75 Å². The summed E-state index contributed by atoms with van der Waals surface area (Å²) in [6, 6.07) is 13.6. The molecule has 0 spiro atoms. The highest BCUT2D eigenvalue weighted by Gasteiger charge is 2.18. The first kappa shape index (κ1) is 19.0. The number of ether oxygens (including phenoxy) is 1. The van der Waals surface area contributed by atoms with E-state index in [4.69, 9.17) is 9.88 Å². The van der Waals surface area contributed by atoms with Crippen LogP contribution < -0.4 is 15.2 Å². The predicted molar refractivity (Wildman–Crippen MR) is 95.5 cm³/mol. The van der Waals surface area contributed by atoms with Gasteiger partial charge in [-0.15, -0.1) is 0 Å². The maximum Gasteiger partial charge on any atom is 0.261 e. The number of rotatable bonds is 7. The Morgan fingerprint density at radius 2 is 1.72 bits per heavy atom. The van der Waals surface area contributed by atoms with Crippen LogP contribution in [0.4, 0.5) is 0 Å². The molecule has 0 fully saturated rings. The molecule has 0 bridgehead atoms. The molecule has 1 amide bonds. The number of hydrogen-bond donors (Lipinski definition) is 2. The first-order valence-corrected chi connectivity index (χ1v) is 9.47. The molecule has 0 aromatic heterocycles. The Balaban J connectivity index is 1.94. The number of nitrogens with one attached hydrogen (secondary N) is 1. The quantitative estimate of drug-likeness (QED) is 0.788. The van der Waals surface area contributed by atoms with Gasteiger partial charge in [0.15, 0.2) is 6.10 Å². The van der Waals surface area contributed by atoms with Gasteiger partial charge in [-0.1, -0.05) is 36.8 Å². The van der Waals surface area contributed by atoms with E-state index >= 15 is 0 Å². The number of aryl methyl sites for hydroxylation is 1. The van der Waals surface area contributed by atoms with E-state index in [0.29, 0.717) is 12.2 Å². The second kappa shape index (κ2) is 8.13. The van der Waals surface area contributed by atoms with Gasteiger partial charge in [0, 0.05) is 6.54 Å². The lowest BCUT2D eigenvalue weighted by Crippen LogP contribution is -2.37. The zero-order valence-electron chi connectivity index (χ0n) is 14.2. The molecule has 0 aliphatic rings. The number of sulfonamides is 1. The van der Waals surface area contributed by atoms with Crippen LogP contribution in [-0.4, -0.2) is 20.4 Å². The molecule has 2 rings (SSSR count). The third kappa shape index (κ3) is 5.58. The van der Waals surface area contributed by atoms with E-state index < -0.39 is 16.1 Å². The molecule has 3 N–H and O–H groups in total. The molecule has 0 aliphatic carbocycles. The molecule has 2 aromatic rings. The fourth-order valence-corrected chi connectivity index (χ4v) is 2.72. The van der Waals surface area contributed by atoms with E-state index in [-0.39, 0.29) is 17.3 Å². The van der Waals surface area contributed by atoms with Crippen LogP contribution in [0.5, 0.6) is 5.75 Å². The summed E-state index contributed by atoms with van der Waals surface area (Å²) in [6.45, 7) is 4.13. The van der Waals surface area contributed by atoms with Crippen LogP contribution in [0, 0.1) is 6.92 Å². The second-order valence-electron chi connectivity index (χ2n) is 5.73. The van der Waals surface area contributed by atoms with Crippen molar-refractivity contribution in [2.75, 3.05) is 0 Å². The van der Waals surface area contributed by atoms with Gasteiger partial charge in [-0.2, -0.15) is 0 Å². The van der Waals surface area contributed by atoms with Crippen molar-refractivity contribution < 1.29 is 17.9 Å². The Labute approximate surface area is 148 Å². The maximum atomic E-state index is 12.3. The van der Waals surface area contributed by atoms with E-state index in [0.717, 1.165) is 11.1 Å². The van der Waals surface area contributed by atoms with Gasteiger partial charge in [-0.3, -0.25) is 4.79 Å². The fraction of sp³-hybridized carbons (Fsp3) is 0.278. The largest absolute Gasteiger partial charge is 0.481 e. The molecular formula is C18H22N2O4S. The number of carbonyl (C=O) groups is 1. The number of nitrogens with two attached hydrogens (primary N) is 1. The Morgan fingerprint density at radius 1 is 1.12 bits per heavy atom. The number of amides is 1. The van der Waals surface area contributed by atoms with Crippen molar-refractivity contribution in [2.24, 2.45) is 5.14 Å². The van der Waals surface area contributed by atoms with Gasteiger partial charge >= 0.3 is 0 Å². The minimum absolute atomic E-state index is 0.0386. The molecule has 7 heteroatoms. The highest BCUT2D eigenvalue weighted by Crippen LogP contribution is 2.15. The molecule has 0 heterocycles. The van der Waals surface area contributed by atoms with Crippen molar-refractivity contribution >= 4 is 15.9 Å². The van der Waals surface area contributed by atoms with Crippen LogP contribution in [-0.2, 0) is 21.4 Å². The fourth-order valence-electron chi connectivity index (χ4n) is 2.20. The molecule has 1 atom stereocenters. The van der Waals surface area contributed by atoms with Gasteiger partial charge < -0.3 is 10.1 Å². The molecule has 2 aromatic carbocycles. The van der Waals surface area contributed by atoms with Crippen LogP contribution in [0.1, 0.15) is 24.5 Å². The molecule has 6 nitrogen and oxygen atoms in total. The number of hydrogen-bond acceptors (Lipinski definition) is 4. The van der Waals surface area contributed by atoms with Crippen molar-refractivity contribution in [3.63, 3.8) is 0 Å². The molecule has 25 heavy (non-hydrogen) atoms. The van der Waals surface area contributed by atoms with Crippen LogP contribution in [0.15, 0.2) is 53.4 Å². The van der Waals surface area contributed by atoms with Crippen LogP contribution in [0.2, 0.25) is 0 Å². The second-order valence-corrected chi connectivity index (χ2v) is 7.30. The zero-order chi connectivity index (χ0) is 18.4. The van der Waals surface area contributed by atoms with E-state index in [1.165, 1.54) is 12.1 Å². The lowest BCUT2D eigenvalue weighted by molar-refractivity contribution is -0.128. The third-order valence-corrected chi connectivity index (χ3v) is 4.61. The summed E-state index contributed by atoms with van der Waals surface area (Å²) < 4.78 is 28.2. The van der Waals surface area contributed by atoms with Crippen molar-refractivity contribution in [1.29, 1.82) is 0 Å². The number of carbonyl (C=O) groups excluding carboxylic acids is 1. The Kier molecular flexibility index (Phi) is 6.17. The average Bonchev–Trinajstić information content (AvgIpc) is 2.58. The maximum absolute atomic E-state index is 12.3. The standard InChI is InChI=1S/C18H22N2O4S/c1-3-17(24-15-8-4-13(2)5-9-15)18(21)20-12-14-6-10-16(11-7-14)25(19,22)23/h4-11,17H,3,12H2,1-2H3,(H,20,21)(H2,19,22,23). The number of primary sulfonamides is 1. The predicted octanol–water partition coefficient (Wildman–Crippen LogP) is 2.12. The molecule has 0 saturated carbocycles. The van der Waals surface area contributed by atoms with Crippen molar-refractivity contribution in [2.45, 2.75) is 37.8 Å². The van der Waals surface area contributed by atoms with Crippen molar-refractivity contribution in [1.82, 2.24) is 5.32 Å². The van der Waals surface area contributed by atoms with Crippen molar-refractivity contribution in [3.05, 3.63) is 59.7 Å². The highest BCUT2D eigenvalue weighted by atomic mass is 32.2. The van der Waals surface area contributed by atoms with Gasteiger partial charge in [-0.05, 0) is 43.2 Å². The van der Waals surface area contributed by atoms with Gasteiger partial charge in [0.2, 0.25) is 10.0 Å². The molecular weight excluding hydrogens is 340 g/mol. The summed E-state index contributed by atoms with van der Waals surface area (Å²) in [4.78, 5) is 12.3. The van der Waals surface area contributed by atoms with E-state index in [9.17, 15) is 13.2 Å².